The zero-order valence-corrected chi connectivity index (χ0v) is 25.7. The molecule has 1 heterocycles. The molecule has 6 heteroatoms. The molecule has 0 spiro atoms. The van der Waals surface area contributed by atoms with Crippen LogP contribution in [0.1, 0.15) is 85.0 Å². The van der Waals surface area contributed by atoms with E-state index in [0.717, 1.165) is 63.3 Å². The van der Waals surface area contributed by atoms with Crippen molar-refractivity contribution in [3.05, 3.63) is 29.3 Å². The summed E-state index contributed by atoms with van der Waals surface area (Å²) in [5.41, 5.74) is 1.72. The number of aliphatic hydroxyl groups excluding tert-OH is 2. The topological polar surface area (TPSA) is 64.0 Å². The Morgan fingerprint density at radius 3 is 2.35 bits per heavy atom. The summed E-state index contributed by atoms with van der Waals surface area (Å²) in [5, 5.41) is 22.6. The molecule has 4 saturated carbocycles. The number of benzene rings is 1. The van der Waals surface area contributed by atoms with Crippen LogP contribution in [-0.4, -0.2) is 59.4 Å². The number of carbonyl (C=O) groups excluding carboxylic acids is 1. The SMILES string of the molecule is CC(CCC(=O)N1CCN(c2ccc(Cl)cc2)CC1)C1CCC2C3C(O)CC4CC(O)CCC4(C)C3CCC12C. The van der Waals surface area contributed by atoms with Gasteiger partial charge in [0.25, 0.3) is 0 Å². The molecule has 222 valence electrons. The van der Waals surface area contributed by atoms with Crippen molar-refractivity contribution in [2.24, 2.45) is 46.3 Å². The van der Waals surface area contributed by atoms with Crippen LogP contribution in [0.2, 0.25) is 5.02 Å². The number of nitrogens with zero attached hydrogens (tertiary/aromatic N) is 2. The van der Waals surface area contributed by atoms with Crippen molar-refractivity contribution >= 4 is 23.2 Å². The van der Waals surface area contributed by atoms with Crippen molar-refractivity contribution in [1.29, 1.82) is 0 Å². The first-order chi connectivity index (χ1) is 19.1. The standard InChI is InChI=1S/C34H51ClN2O3/c1-22(4-11-31(40)37-18-16-36(17-19-37)25-7-5-24(35)6-8-25)27-9-10-28-32-29(13-15-34(27,28)3)33(2)14-12-26(38)20-23(33)21-30(32)39/h5-8,22-23,26-30,32,38-39H,4,9-21H2,1-3H3. The lowest BCUT2D eigenvalue weighted by atomic mass is 9.43. The second-order valence-electron chi connectivity index (χ2n) is 14.8. The first-order valence-corrected chi connectivity index (χ1v) is 16.6. The molecule has 0 aromatic heterocycles. The number of halogens is 1. The van der Waals surface area contributed by atoms with Crippen LogP contribution in [0, 0.1) is 46.3 Å². The highest BCUT2D eigenvalue weighted by atomic mass is 35.5. The smallest absolute Gasteiger partial charge is 0.222 e. The van der Waals surface area contributed by atoms with Gasteiger partial charge in [0.1, 0.15) is 0 Å². The molecule has 0 radical (unpaired) electrons. The van der Waals surface area contributed by atoms with E-state index in [9.17, 15) is 15.0 Å². The number of carbonyl (C=O) groups is 1. The van der Waals surface area contributed by atoms with E-state index >= 15 is 0 Å². The maximum absolute atomic E-state index is 13.2. The minimum Gasteiger partial charge on any atom is -0.393 e. The number of aliphatic hydroxyl groups is 2. The molecule has 40 heavy (non-hydrogen) atoms. The fourth-order valence-corrected chi connectivity index (χ4v) is 10.9. The monoisotopic (exact) mass is 570 g/mol. The summed E-state index contributed by atoms with van der Waals surface area (Å²) in [5.74, 6) is 3.54. The highest BCUT2D eigenvalue weighted by Crippen LogP contribution is 2.68. The fraction of sp³-hybridized carbons (Fsp3) is 0.794. The first-order valence-electron chi connectivity index (χ1n) is 16.2. The van der Waals surface area contributed by atoms with Gasteiger partial charge in [0, 0.05) is 43.3 Å². The molecule has 1 aromatic carbocycles. The van der Waals surface area contributed by atoms with E-state index in [1.54, 1.807) is 0 Å². The second kappa shape index (κ2) is 11.1. The molecule has 0 bridgehead atoms. The number of piperazine rings is 1. The van der Waals surface area contributed by atoms with E-state index in [-0.39, 0.29) is 23.0 Å². The van der Waals surface area contributed by atoms with E-state index in [1.807, 2.05) is 12.1 Å². The quantitative estimate of drug-likeness (QED) is 0.430. The van der Waals surface area contributed by atoms with Gasteiger partial charge in [0.15, 0.2) is 0 Å². The molecule has 1 amide bonds. The molecule has 5 nitrogen and oxygen atoms in total. The highest BCUT2D eigenvalue weighted by molar-refractivity contribution is 6.30. The lowest BCUT2D eigenvalue weighted by Crippen LogP contribution is -2.58. The van der Waals surface area contributed by atoms with Crippen LogP contribution < -0.4 is 4.90 Å². The Balaban J connectivity index is 1.04. The summed E-state index contributed by atoms with van der Waals surface area (Å²) < 4.78 is 0. The molecule has 5 fully saturated rings. The molecule has 1 saturated heterocycles. The minimum atomic E-state index is -0.222. The molecular weight excluding hydrogens is 520 g/mol. The summed E-state index contributed by atoms with van der Waals surface area (Å²) in [6, 6.07) is 8.00. The maximum atomic E-state index is 13.2. The van der Waals surface area contributed by atoms with Gasteiger partial charge in [-0.2, -0.15) is 0 Å². The van der Waals surface area contributed by atoms with Gasteiger partial charge in [0.05, 0.1) is 12.2 Å². The second-order valence-corrected chi connectivity index (χ2v) is 15.2. The van der Waals surface area contributed by atoms with Crippen molar-refractivity contribution in [2.45, 2.75) is 97.2 Å². The third-order valence-electron chi connectivity index (χ3n) is 13.1. The average molecular weight is 571 g/mol. The van der Waals surface area contributed by atoms with E-state index in [0.29, 0.717) is 47.8 Å². The van der Waals surface area contributed by atoms with Crippen LogP contribution in [0.3, 0.4) is 0 Å². The third-order valence-corrected chi connectivity index (χ3v) is 13.3. The molecule has 5 aliphatic rings. The Kier molecular flexibility index (Phi) is 7.98. The van der Waals surface area contributed by atoms with Gasteiger partial charge >= 0.3 is 0 Å². The number of amides is 1. The summed E-state index contributed by atoms with van der Waals surface area (Å²) >= 11 is 6.05. The van der Waals surface area contributed by atoms with Crippen molar-refractivity contribution in [2.75, 3.05) is 31.1 Å². The summed E-state index contributed by atoms with van der Waals surface area (Å²) in [6.07, 6.45) is 9.97. The molecule has 1 aliphatic heterocycles. The molecular formula is C34H51ClN2O3. The first kappa shape index (κ1) is 28.8. The molecule has 4 aliphatic carbocycles. The highest BCUT2D eigenvalue weighted by Gasteiger charge is 2.62. The van der Waals surface area contributed by atoms with Crippen LogP contribution in [0.15, 0.2) is 24.3 Å². The van der Waals surface area contributed by atoms with Crippen molar-refractivity contribution in [3.8, 4) is 0 Å². The van der Waals surface area contributed by atoms with Crippen molar-refractivity contribution < 1.29 is 15.0 Å². The Bertz CT molecular complexity index is 1060. The molecule has 1 aromatic rings. The zero-order valence-electron chi connectivity index (χ0n) is 24.9. The number of rotatable bonds is 5. The summed E-state index contributed by atoms with van der Waals surface area (Å²) in [4.78, 5) is 17.6. The lowest BCUT2D eigenvalue weighted by Gasteiger charge is -2.62. The van der Waals surface area contributed by atoms with Gasteiger partial charge in [-0.3, -0.25) is 4.79 Å². The Morgan fingerprint density at radius 2 is 1.62 bits per heavy atom. The summed E-state index contributed by atoms with van der Waals surface area (Å²) in [7, 11) is 0. The third kappa shape index (κ3) is 5.00. The Morgan fingerprint density at radius 1 is 0.950 bits per heavy atom. The van der Waals surface area contributed by atoms with E-state index in [1.165, 1.54) is 31.4 Å². The van der Waals surface area contributed by atoms with Crippen LogP contribution in [0.5, 0.6) is 0 Å². The van der Waals surface area contributed by atoms with Crippen LogP contribution in [0.25, 0.3) is 0 Å². The minimum absolute atomic E-state index is 0.178. The normalized spacial score (nSPS) is 42.1. The largest absolute Gasteiger partial charge is 0.393 e. The molecule has 2 N–H and O–H groups in total. The molecule has 6 rings (SSSR count). The van der Waals surface area contributed by atoms with Crippen molar-refractivity contribution in [3.63, 3.8) is 0 Å². The van der Waals surface area contributed by atoms with Gasteiger partial charge in [-0.15, -0.1) is 0 Å². The number of hydrogen-bond donors (Lipinski definition) is 2. The number of fused-ring (bicyclic) bond motifs is 5. The number of anilines is 1. The van der Waals surface area contributed by atoms with Crippen LogP contribution in [-0.2, 0) is 4.79 Å². The zero-order chi connectivity index (χ0) is 28.2. The van der Waals surface area contributed by atoms with E-state index in [4.69, 9.17) is 11.6 Å². The fourth-order valence-electron chi connectivity index (χ4n) is 10.8. The number of hydrogen-bond acceptors (Lipinski definition) is 4. The van der Waals surface area contributed by atoms with Gasteiger partial charge in [-0.25, -0.2) is 0 Å². The van der Waals surface area contributed by atoms with Crippen LogP contribution in [0.4, 0.5) is 5.69 Å². The Labute approximate surface area is 246 Å². The van der Waals surface area contributed by atoms with E-state index in [2.05, 4.69) is 42.7 Å². The lowest BCUT2D eigenvalue weighted by molar-refractivity contribution is -0.174. The van der Waals surface area contributed by atoms with Gasteiger partial charge in [-0.05, 0) is 128 Å². The Hall–Kier alpha value is -1.30. The summed E-state index contributed by atoms with van der Waals surface area (Å²) in [6.45, 7) is 10.7. The predicted octanol–water partition coefficient (Wildman–Crippen LogP) is 6.40. The molecule has 10 unspecified atom stereocenters. The predicted molar refractivity (Wildman–Crippen MR) is 161 cm³/mol. The van der Waals surface area contributed by atoms with Gasteiger partial charge in [0.2, 0.25) is 5.91 Å². The van der Waals surface area contributed by atoms with Gasteiger partial charge < -0.3 is 20.0 Å². The average Bonchev–Trinajstić information content (AvgIpc) is 3.30. The molecule has 10 atom stereocenters. The van der Waals surface area contributed by atoms with Crippen LogP contribution >= 0.6 is 11.6 Å². The van der Waals surface area contributed by atoms with Gasteiger partial charge in [-0.1, -0.05) is 32.4 Å². The van der Waals surface area contributed by atoms with Crippen molar-refractivity contribution in [1.82, 2.24) is 4.90 Å². The van der Waals surface area contributed by atoms with E-state index < -0.39 is 0 Å². The maximum Gasteiger partial charge on any atom is 0.222 e.